The van der Waals surface area contributed by atoms with Crippen LogP contribution in [-0.4, -0.2) is 23.1 Å². The van der Waals surface area contributed by atoms with E-state index < -0.39 is 0 Å². The highest BCUT2D eigenvalue weighted by atomic mass is 32.2. The third-order valence-corrected chi connectivity index (χ3v) is 4.48. The van der Waals surface area contributed by atoms with Gasteiger partial charge in [-0.3, -0.25) is 0 Å². The summed E-state index contributed by atoms with van der Waals surface area (Å²) in [5.41, 5.74) is 3.90. The van der Waals surface area contributed by atoms with Crippen molar-refractivity contribution in [1.29, 1.82) is 0 Å². The first kappa shape index (κ1) is 10.5. The fourth-order valence-electron chi connectivity index (χ4n) is 2.50. The predicted octanol–water partition coefficient (Wildman–Crippen LogP) is 2.00. The molecule has 2 aliphatic rings. The lowest BCUT2D eigenvalue weighted by atomic mass is 9.97. The Morgan fingerprint density at radius 2 is 2.00 bits per heavy atom. The third kappa shape index (κ3) is 1.84. The average molecular weight is 235 g/mol. The molecular weight excluding hydrogens is 218 g/mol. The number of nitrogens with one attached hydrogen (secondary N) is 1. The van der Waals surface area contributed by atoms with E-state index in [1.54, 1.807) is 0 Å². The topological polar surface area (TPSA) is 37.8 Å². The van der Waals surface area contributed by atoms with Gasteiger partial charge in [-0.2, -0.15) is 11.8 Å². The fraction of sp³-hybridized carbons (Fsp3) is 0.667. The summed E-state index contributed by atoms with van der Waals surface area (Å²) in [6, 6.07) is 0. The Kier molecular flexibility index (Phi) is 2.86. The summed E-state index contributed by atoms with van der Waals surface area (Å²) in [5.74, 6) is 3.86. The number of hydrogen-bond acceptors (Lipinski definition) is 4. The van der Waals surface area contributed by atoms with E-state index in [9.17, 15) is 0 Å². The summed E-state index contributed by atoms with van der Waals surface area (Å²) in [5, 5.41) is 3.39. The average Bonchev–Trinajstić information content (AvgIpc) is 2.79. The number of aromatic nitrogens is 2. The van der Waals surface area contributed by atoms with Gasteiger partial charge in [0.15, 0.2) is 0 Å². The quantitative estimate of drug-likeness (QED) is 0.808. The summed E-state index contributed by atoms with van der Waals surface area (Å²) in [7, 11) is 0. The van der Waals surface area contributed by atoms with Crippen molar-refractivity contribution in [3.05, 3.63) is 22.8 Å². The Morgan fingerprint density at radius 1 is 1.19 bits per heavy atom. The Hall–Kier alpha value is -0.610. The largest absolute Gasteiger partial charge is 0.317 e. The van der Waals surface area contributed by atoms with Crippen LogP contribution >= 0.6 is 11.8 Å². The third-order valence-electron chi connectivity index (χ3n) is 3.51. The number of piperidine rings is 1. The van der Waals surface area contributed by atoms with Gasteiger partial charge in [0.25, 0.3) is 0 Å². The fourth-order valence-corrected chi connectivity index (χ4v) is 3.61. The van der Waals surface area contributed by atoms with E-state index in [4.69, 9.17) is 9.97 Å². The standard InChI is InChI=1S/C12H17N3S/c1-8-10-6-16-7-11(10)15-12(14-8)9-2-4-13-5-3-9/h9,13H,2-7H2,1H3. The molecule has 0 bridgehead atoms. The molecule has 0 atom stereocenters. The van der Waals surface area contributed by atoms with Gasteiger partial charge < -0.3 is 5.32 Å². The maximum absolute atomic E-state index is 4.78. The Bertz CT molecular complexity index is 399. The monoisotopic (exact) mass is 235 g/mol. The number of rotatable bonds is 1. The minimum atomic E-state index is 0.579. The summed E-state index contributed by atoms with van der Waals surface area (Å²) in [6.45, 7) is 4.36. The summed E-state index contributed by atoms with van der Waals surface area (Å²) in [4.78, 5) is 9.49. The van der Waals surface area contributed by atoms with Crippen molar-refractivity contribution in [2.24, 2.45) is 0 Å². The normalized spacial score (nSPS) is 21.1. The van der Waals surface area contributed by atoms with E-state index in [0.717, 1.165) is 30.4 Å². The minimum Gasteiger partial charge on any atom is -0.317 e. The van der Waals surface area contributed by atoms with E-state index in [1.807, 2.05) is 11.8 Å². The van der Waals surface area contributed by atoms with Crippen LogP contribution in [0.15, 0.2) is 0 Å². The van der Waals surface area contributed by atoms with Gasteiger partial charge in [0.05, 0.1) is 5.69 Å². The molecular formula is C12H17N3S. The van der Waals surface area contributed by atoms with Crippen molar-refractivity contribution in [1.82, 2.24) is 15.3 Å². The molecule has 2 aliphatic heterocycles. The van der Waals surface area contributed by atoms with Crippen LogP contribution in [-0.2, 0) is 11.5 Å². The lowest BCUT2D eigenvalue weighted by Gasteiger charge is -2.22. The SMILES string of the molecule is Cc1nc(C2CCNCC2)nc2c1CSC2. The van der Waals surface area contributed by atoms with E-state index >= 15 is 0 Å². The highest BCUT2D eigenvalue weighted by molar-refractivity contribution is 7.98. The molecule has 1 saturated heterocycles. The second-order valence-corrected chi connectivity index (χ2v) is 5.60. The van der Waals surface area contributed by atoms with Crippen molar-refractivity contribution < 1.29 is 0 Å². The molecule has 16 heavy (non-hydrogen) atoms. The van der Waals surface area contributed by atoms with Crippen LogP contribution in [0.5, 0.6) is 0 Å². The molecule has 0 saturated carbocycles. The second kappa shape index (κ2) is 4.34. The molecule has 0 unspecified atom stereocenters. The molecule has 0 spiro atoms. The van der Waals surface area contributed by atoms with Gasteiger partial charge in [-0.05, 0) is 32.9 Å². The zero-order chi connectivity index (χ0) is 11.0. The predicted molar refractivity (Wildman–Crippen MR) is 66.6 cm³/mol. The number of aryl methyl sites for hydroxylation is 1. The van der Waals surface area contributed by atoms with Gasteiger partial charge in [-0.25, -0.2) is 9.97 Å². The molecule has 1 aromatic rings. The minimum absolute atomic E-state index is 0.579. The Labute approximate surface area is 100 Å². The molecule has 1 aromatic heterocycles. The van der Waals surface area contributed by atoms with Gasteiger partial charge in [0, 0.05) is 28.7 Å². The Balaban J connectivity index is 1.92. The summed E-state index contributed by atoms with van der Waals surface area (Å²) in [6.07, 6.45) is 2.37. The first-order valence-corrected chi connectivity index (χ1v) is 7.15. The van der Waals surface area contributed by atoms with Crippen LogP contribution < -0.4 is 5.32 Å². The van der Waals surface area contributed by atoms with Crippen molar-refractivity contribution >= 4 is 11.8 Å². The van der Waals surface area contributed by atoms with E-state index in [-0.39, 0.29) is 0 Å². The van der Waals surface area contributed by atoms with Gasteiger partial charge in [-0.1, -0.05) is 0 Å². The maximum Gasteiger partial charge on any atom is 0.132 e. The maximum atomic E-state index is 4.78. The molecule has 0 aromatic carbocycles. The summed E-state index contributed by atoms with van der Waals surface area (Å²) >= 11 is 1.96. The van der Waals surface area contributed by atoms with E-state index in [1.165, 1.54) is 29.8 Å². The highest BCUT2D eigenvalue weighted by Crippen LogP contribution is 2.32. The molecule has 86 valence electrons. The van der Waals surface area contributed by atoms with Gasteiger partial charge in [0.2, 0.25) is 0 Å². The van der Waals surface area contributed by atoms with E-state index in [2.05, 4.69) is 12.2 Å². The number of thioether (sulfide) groups is 1. The van der Waals surface area contributed by atoms with Crippen molar-refractivity contribution in [2.75, 3.05) is 13.1 Å². The highest BCUT2D eigenvalue weighted by Gasteiger charge is 2.22. The molecule has 0 aliphatic carbocycles. The van der Waals surface area contributed by atoms with Crippen LogP contribution in [0.4, 0.5) is 0 Å². The summed E-state index contributed by atoms with van der Waals surface area (Å²) < 4.78 is 0. The lowest BCUT2D eigenvalue weighted by Crippen LogP contribution is -2.27. The van der Waals surface area contributed by atoms with Gasteiger partial charge >= 0.3 is 0 Å². The Morgan fingerprint density at radius 3 is 2.81 bits per heavy atom. The molecule has 1 fully saturated rings. The molecule has 3 rings (SSSR count). The number of hydrogen-bond donors (Lipinski definition) is 1. The molecule has 0 amide bonds. The molecule has 3 nitrogen and oxygen atoms in total. The first-order valence-electron chi connectivity index (χ1n) is 5.99. The number of fused-ring (bicyclic) bond motifs is 1. The van der Waals surface area contributed by atoms with E-state index in [0.29, 0.717) is 5.92 Å². The van der Waals surface area contributed by atoms with Crippen LogP contribution in [0, 0.1) is 6.92 Å². The molecule has 4 heteroatoms. The lowest BCUT2D eigenvalue weighted by molar-refractivity contribution is 0.443. The van der Waals surface area contributed by atoms with Gasteiger partial charge in [0.1, 0.15) is 5.82 Å². The molecule has 1 N–H and O–H groups in total. The van der Waals surface area contributed by atoms with Crippen molar-refractivity contribution in [3.63, 3.8) is 0 Å². The van der Waals surface area contributed by atoms with Crippen molar-refractivity contribution in [3.8, 4) is 0 Å². The number of nitrogens with zero attached hydrogens (tertiary/aromatic N) is 2. The van der Waals surface area contributed by atoms with Crippen molar-refractivity contribution in [2.45, 2.75) is 37.2 Å². The van der Waals surface area contributed by atoms with Crippen LogP contribution in [0.3, 0.4) is 0 Å². The van der Waals surface area contributed by atoms with Crippen LogP contribution in [0.2, 0.25) is 0 Å². The van der Waals surface area contributed by atoms with Crippen LogP contribution in [0.1, 0.15) is 41.5 Å². The van der Waals surface area contributed by atoms with Crippen LogP contribution in [0.25, 0.3) is 0 Å². The second-order valence-electron chi connectivity index (χ2n) is 4.61. The molecule has 0 radical (unpaired) electrons. The van der Waals surface area contributed by atoms with Gasteiger partial charge in [-0.15, -0.1) is 0 Å². The molecule has 3 heterocycles. The zero-order valence-corrected chi connectivity index (χ0v) is 10.4. The first-order chi connectivity index (χ1) is 7.84. The smallest absolute Gasteiger partial charge is 0.132 e. The zero-order valence-electron chi connectivity index (χ0n) is 9.62.